The molecule has 0 aliphatic carbocycles. The van der Waals surface area contributed by atoms with Gasteiger partial charge >= 0.3 is 0 Å². The SMILES string of the molecule is CCOC(N)=Nc1ccc2ncnc(Nc3ccc(Oc4ccc(C)nc4)c(C)c3)c2c1. The Balaban J connectivity index is 1.59. The molecule has 0 saturated carbocycles. The van der Waals surface area contributed by atoms with Crippen molar-refractivity contribution in [1.82, 2.24) is 15.0 Å². The summed E-state index contributed by atoms with van der Waals surface area (Å²) in [5.41, 5.74) is 10.0. The van der Waals surface area contributed by atoms with Crippen LogP contribution in [0.25, 0.3) is 10.9 Å². The lowest BCUT2D eigenvalue weighted by molar-refractivity contribution is 0.322. The molecule has 0 atom stereocenters. The first-order valence-corrected chi connectivity index (χ1v) is 10.2. The first kappa shape index (κ1) is 21.0. The van der Waals surface area contributed by atoms with Crippen LogP contribution in [0.4, 0.5) is 17.2 Å². The number of aliphatic imine (C=N–C) groups is 1. The molecule has 0 radical (unpaired) electrons. The number of nitrogens with one attached hydrogen (secondary N) is 1. The van der Waals surface area contributed by atoms with Crippen molar-refractivity contribution in [2.24, 2.45) is 10.7 Å². The Hall–Kier alpha value is -4.20. The highest BCUT2D eigenvalue weighted by molar-refractivity contribution is 5.93. The van der Waals surface area contributed by atoms with Gasteiger partial charge in [-0.15, -0.1) is 0 Å². The first-order valence-electron chi connectivity index (χ1n) is 10.2. The largest absolute Gasteiger partial charge is 0.465 e. The molecule has 0 saturated heterocycles. The molecule has 8 heteroatoms. The van der Waals surface area contributed by atoms with Crippen molar-refractivity contribution in [2.75, 3.05) is 11.9 Å². The summed E-state index contributed by atoms with van der Waals surface area (Å²) in [7, 11) is 0. The van der Waals surface area contributed by atoms with E-state index in [1.54, 1.807) is 6.20 Å². The number of pyridine rings is 1. The highest BCUT2D eigenvalue weighted by Gasteiger charge is 2.08. The van der Waals surface area contributed by atoms with Crippen molar-refractivity contribution in [2.45, 2.75) is 20.8 Å². The van der Waals surface area contributed by atoms with E-state index in [2.05, 4.69) is 25.3 Å². The van der Waals surface area contributed by atoms with E-state index in [0.717, 1.165) is 33.6 Å². The standard InChI is InChI=1S/C24H24N6O2/c1-4-31-24(25)30-18-6-9-21-20(12-18)23(28-14-27-21)29-17-7-10-22(15(2)11-17)32-19-8-5-16(3)26-13-19/h5-14H,4H2,1-3H3,(H2,25,30)(H,27,28,29). The molecule has 4 rings (SSSR count). The topological polar surface area (TPSA) is 108 Å². The van der Waals surface area contributed by atoms with E-state index in [4.69, 9.17) is 15.2 Å². The van der Waals surface area contributed by atoms with Gasteiger partial charge in [-0.1, -0.05) is 0 Å². The van der Waals surface area contributed by atoms with Crippen LogP contribution in [-0.2, 0) is 4.74 Å². The predicted molar refractivity (Wildman–Crippen MR) is 126 cm³/mol. The number of nitrogens with two attached hydrogens (primary N) is 1. The van der Waals surface area contributed by atoms with Crippen LogP contribution in [0.1, 0.15) is 18.2 Å². The third-order valence-electron chi connectivity index (χ3n) is 4.70. The lowest BCUT2D eigenvalue weighted by Gasteiger charge is -2.12. The second-order valence-electron chi connectivity index (χ2n) is 7.15. The molecule has 4 aromatic rings. The number of hydrogen-bond acceptors (Lipinski definition) is 7. The molecule has 0 spiro atoms. The molecule has 162 valence electrons. The van der Waals surface area contributed by atoms with E-state index in [9.17, 15) is 0 Å². The van der Waals surface area contributed by atoms with Crippen LogP contribution in [0.2, 0.25) is 0 Å². The minimum Gasteiger partial charge on any atom is -0.465 e. The molecule has 0 bridgehead atoms. The third-order valence-corrected chi connectivity index (χ3v) is 4.70. The highest BCUT2D eigenvalue weighted by Crippen LogP contribution is 2.30. The Bertz CT molecular complexity index is 1270. The van der Waals surface area contributed by atoms with Crippen molar-refractivity contribution < 1.29 is 9.47 Å². The quantitative estimate of drug-likeness (QED) is 0.322. The number of fused-ring (bicyclic) bond motifs is 1. The number of anilines is 2. The highest BCUT2D eigenvalue weighted by atomic mass is 16.5. The molecule has 0 amide bonds. The van der Waals surface area contributed by atoms with Crippen molar-refractivity contribution in [3.8, 4) is 11.5 Å². The fourth-order valence-electron chi connectivity index (χ4n) is 3.14. The average molecular weight is 428 g/mol. The number of ether oxygens (including phenoxy) is 2. The van der Waals surface area contributed by atoms with Crippen molar-refractivity contribution in [3.63, 3.8) is 0 Å². The number of rotatable bonds is 6. The maximum absolute atomic E-state index is 5.96. The van der Waals surface area contributed by atoms with Crippen LogP contribution < -0.4 is 15.8 Å². The molecule has 2 heterocycles. The molecule has 0 fully saturated rings. The van der Waals surface area contributed by atoms with Gasteiger partial charge in [-0.25, -0.2) is 9.97 Å². The summed E-state index contributed by atoms with van der Waals surface area (Å²) in [6.45, 7) is 6.24. The number of amidine groups is 1. The van der Waals surface area contributed by atoms with E-state index < -0.39 is 0 Å². The summed E-state index contributed by atoms with van der Waals surface area (Å²) in [6, 6.07) is 15.4. The van der Waals surface area contributed by atoms with Gasteiger partial charge < -0.3 is 20.5 Å². The Labute approximate surface area is 186 Å². The van der Waals surface area contributed by atoms with Gasteiger partial charge in [-0.05, 0) is 74.9 Å². The van der Waals surface area contributed by atoms with Gasteiger partial charge in [0, 0.05) is 16.8 Å². The van der Waals surface area contributed by atoms with E-state index >= 15 is 0 Å². The van der Waals surface area contributed by atoms with E-state index in [1.807, 2.05) is 69.3 Å². The normalized spacial score (nSPS) is 11.4. The minimum atomic E-state index is 0.119. The van der Waals surface area contributed by atoms with Crippen LogP contribution in [0.3, 0.4) is 0 Å². The zero-order valence-corrected chi connectivity index (χ0v) is 18.2. The number of aromatic nitrogens is 3. The molecule has 0 aliphatic heterocycles. The number of nitrogens with zero attached hydrogens (tertiary/aromatic N) is 4. The second-order valence-corrected chi connectivity index (χ2v) is 7.15. The van der Waals surface area contributed by atoms with E-state index in [0.29, 0.717) is 23.9 Å². The number of hydrogen-bond donors (Lipinski definition) is 2. The molecule has 0 aliphatic rings. The van der Waals surface area contributed by atoms with Gasteiger partial charge in [0.15, 0.2) is 0 Å². The molecule has 8 nitrogen and oxygen atoms in total. The fourth-order valence-corrected chi connectivity index (χ4v) is 3.14. The summed E-state index contributed by atoms with van der Waals surface area (Å²) in [6.07, 6.45) is 3.24. The zero-order valence-electron chi connectivity index (χ0n) is 18.2. The van der Waals surface area contributed by atoms with Gasteiger partial charge in [0.05, 0.1) is 24.0 Å². The fraction of sp³-hybridized carbons (Fsp3) is 0.167. The minimum absolute atomic E-state index is 0.119. The second kappa shape index (κ2) is 9.30. The summed E-state index contributed by atoms with van der Waals surface area (Å²) in [4.78, 5) is 17.3. The van der Waals surface area contributed by atoms with Gasteiger partial charge in [-0.2, -0.15) is 4.99 Å². The van der Waals surface area contributed by atoms with Crippen LogP contribution >= 0.6 is 0 Å². The van der Waals surface area contributed by atoms with Gasteiger partial charge in [-0.3, -0.25) is 4.98 Å². The van der Waals surface area contributed by atoms with Crippen molar-refractivity contribution in [3.05, 3.63) is 72.3 Å². The number of benzene rings is 2. The van der Waals surface area contributed by atoms with Gasteiger partial charge in [0.1, 0.15) is 23.6 Å². The molecule has 0 unspecified atom stereocenters. The number of aryl methyl sites for hydroxylation is 2. The summed E-state index contributed by atoms with van der Waals surface area (Å²) >= 11 is 0. The maximum atomic E-state index is 5.96. The lowest BCUT2D eigenvalue weighted by Crippen LogP contribution is -2.15. The average Bonchev–Trinajstić information content (AvgIpc) is 2.78. The summed E-state index contributed by atoms with van der Waals surface area (Å²) < 4.78 is 11.2. The Kier molecular flexibility index (Phi) is 6.12. The summed E-state index contributed by atoms with van der Waals surface area (Å²) in [5, 5.41) is 4.18. The van der Waals surface area contributed by atoms with Crippen LogP contribution in [-0.4, -0.2) is 27.6 Å². The Morgan fingerprint density at radius 2 is 1.91 bits per heavy atom. The first-order chi connectivity index (χ1) is 15.5. The molecular formula is C24H24N6O2. The van der Waals surface area contributed by atoms with E-state index in [-0.39, 0.29) is 6.02 Å². The molecular weight excluding hydrogens is 404 g/mol. The third kappa shape index (κ3) is 4.92. The molecule has 3 N–H and O–H groups in total. The maximum Gasteiger partial charge on any atom is 0.287 e. The Morgan fingerprint density at radius 1 is 1.03 bits per heavy atom. The predicted octanol–water partition coefficient (Wildman–Crippen LogP) is 5.16. The van der Waals surface area contributed by atoms with Crippen molar-refractivity contribution in [1.29, 1.82) is 0 Å². The zero-order chi connectivity index (χ0) is 22.5. The van der Waals surface area contributed by atoms with Gasteiger partial charge in [0.2, 0.25) is 0 Å². The van der Waals surface area contributed by atoms with Crippen molar-refractivity contribution >= 4 is 34.1 Å². The van der Waals surface area contributed by atoms with Crippen LogP contribution in [0.5, 0.6) is 11.5 Å². The monoisotopic (exact) mass is 428 g/mol. The molecule has 32 heavy (non-hydrogen) atoms. The lowest BCUT2D eigenvalue weighted by atomic mass is 10.1. The van der Waals surface area contributed by atoms with Crippen LogP contribution in [0, 0.1) is 13.8 Å². The molecule has 2 aromatic carbocycles. The van der Waals surface area contributed by atoms with E-state index in [1.165, 1.54) is 6.33 Å². The molecule has 2 aromatic heterocycles. The Morgan fingerprint density at radius 3 is 2.66 bits per heavy atom. The van der Waals surface area contributed by atoms with Gasteiger partial charge in [0.25, 0.3) is 6.02 Å². The van der Waals surface area contributed by atoms with Crippen LogP contribution in [0.15, 0.2) is 66.0 Å². The smallest absolute Gasteiger partial charge is 0.287 e. The summed E-state index contributed by atoms with van der Waals surface area (Å²) in [5.74, 6) is 2.12.